The van der Waals surface area contributed by atoms with Gasteiger partial charge in [0.05, 0.1) is 17.6 Å². The molecule has 3 rings (SSSR count). The summed E-state index contributed by atoms with van der Waals surface area (Å²) in [6.07, 6.45) is 1.85. The lowest BCUT2D eigenvalue weighted by molar-refractivity contribution is -0.133. The first-order valence-electron chi connectivity index (χ1n) is 5.48. The molecule has 0 radical (unpaired) electrons. The summed E-state index contributed by atoms with van der Waals surface area (Å²) in [5, 5.41) is 12.9. The average Bonchev–Trinajstić information content (AvgIpc) is 2.95. The van der Waals surface area contributed by atoms with Crippen LogP contribution in [0.25, 0.3) is 16.2 Å². The second-order valence-electron chi connectivity index (χ2n) is 3.77. The standard InChI is InChI=1S/C12H9N3O2S2/c16-10(17)7-18-12-14-15-6-9(13-11(15)19-12)8-4-2-1-3-5-8/h1-6H,7H2,(H,16,17). The number of hydrogen-bond acceptors (Lipinski definition) is 5. The molecular formula is C12H9N3O2S2. The average molecular weight is 291 g/mol. The van der Waals surface area contributed by atoms with Gasteiger partial charge in [0, 0.05) is 5.56 Å². The molecule has 5 nitrogen and oxygen atoms in total. The van der Waals surface area contributed by atoms with Crippen LogP contribution in [-0.2, 0) is 4.79 Å². The molecule has 0 aliphatic heterocycles. The molecule has 0 aliphatic rings. The summed E-state index contributed by atoms with van der Waals surface area (Å²) in [6.45, 7) is 0. The van der Waals surface area contributed by atoms with Crippen LogP contribution < -0.4 is 0 Å². The lowest BCUT2D eigenvalue weighted by Crippen LogP contribution is -1.97. The van der Waals surface area contributed by atoms with Gasteiger partial charge in [-0.2, -0.15) is 0 Å². The number of thioether (sulfide) groups is 1. The van der Waals surface area contributed by atoms with Crippen molar-refractivity contribution in [1.29, 1.82) is 0 Å². The number of rotatable bonds is 4. The number of imidazole rings is 1. The Bertz CT molecular complexity index is 689. The van der Waals surface area contributed by atoms with E-state index in [2.05, 4.69) is 10.1 Å². The fraction of sp³-hybridized carbons (Fsp3) is 0.0833. The molecule has 7 heteroatoms. The van der Waals surface area contributed by atoms with E-state index < -0.39 is 5.97 Å². The third-order valence-corrected chi connectivity index (χ3v) is 4.45. The maximum Gasteiger partial charge on any atom is 0.313 e. The van der Waals surface area contributed by atoms with Gasteiger partial charge in [0.1, 0.15) is 0 Å². The van der Waals surface area contributed by atoms with E-state index in [1.807, 2.05) is 36.5 Å². The molecule has 19 heavy (non-hydrogen) atoms. The summed E-state index contributed by atoms with van der Waals surface area (Å²) >= 11 is 2.60. The minimum absolute atomic E-state index is 0.0161. The molecule has 0 aliphatic carbocycles. The van der Waals surface area contributed by atoms with E-state index in [0.29, 0.717) is 4.34 Å². The lowest BCUT2D eigenvalue weighted by Gasteiger charge is -1.93. The van der Waals surface area contributed by atoms with E-state index >= 15 is 0 Å². The van der Waals surface area contributed by atoms with Gasteiger partial charge in [-0.05, 0) is 0 Å². The zero-order valence-electron chi connectivity index (χ0n) is 9.68. The minimum Gasteiger partial charge on any atom is -0.481 e. The van der Waals surface area contributed by atoms with Gasteiger partial charge in [-0.25, -0.2) is 9.50 Å². The molecule has 1 aromatic carbocycles. The third kappa shape index (κ3) is 2.61. The number of aromatic nitrogens is 3. The first kappa shape index (κ1) is 12.2. The summed E-state index contributed by atoms with van der Waals surface area (Å²) in [4.78, 5) is 15.8. The first-order chi connectivity index (χ1) is 9.22. The van der Waals surface area contributed by atoms with Crippen LogP contribution in [0.4, 0.5) is 0 Å². The second kappa shape index (κ2) is 5.02. The number of carbonyl (C=O) groups is 1. The van der Waals surface area contributed by atoms with Crippen molar-refractivity contribution in [2.45, 2.75) is 4.34 Å². The Hall–Kier alpha value is -1.86. The number of nitrogens with zero attached hydrogens (tertiary/aromatic N) is 3. The molecule has 0 bridgehead atoms. The summed E-state index contributed by atoms with van der Waals surface area (Å²) in [5.74, 6) is -0.829. The van der Waals surface area contributed by atoms with Crippen LogP contribution in [-0.4, -0.2) is 31.4 Å². The van der Waals surface area contributed by atoms with E-state index in [9.17, 15) is 4.79 Å². The van der Waals surface area contributed by atoms with Crippen LogP contribution in [0.1, 0.15) is 0 Å². The van der Waals surface area contributed by atoms with Crippen LogP contribution >= 0.6 is 23.1 Å². The smallest absolute Gasteiger partial charge is 0.313 e. The van der Waals surface area contributed by atoms with E-state index in [4.69, 9.17) is 5.11 Å². The molecule has 0 amide bonds. The quantitative estimate of drug-likeness (QED) is 0.748. The Kier molecular flexibility index (Phi) is 3.22. The van der Waals surface area contributed by atoms with Gasteiger partial charge in [-0.15, -0.1) is 5.10 Å². The van der Waals surface area contributed by atoms with Crippen molar-refractivity contribution < 1.29 is 9.90 Å². The van der Waals surface area contributed by atoms with Gasteiger partial charge in [-0.1, -0.05) is 53.4 Å². The summed E-state index contributed by atoms with van der Waals surface area (Å²) in [6, 6.07) is 9.87. The normalized spacial score (nSPS) is 10.9. The van der Waals surface area contributed by atoms with E-state index in [0.717, 1.165) is 16.2 Å². The van der Waals surface area contributed by atoms with E-state index in [1.54, 1.807) is 4.52 Å². The molecule has 0 saturated heterocycles. The molecule has 0 atom stereocenters. The van der Waals surface area contributed by atoms with Crippen LogP contribution in [0.2, 0.25) is 0 Å². The van der Waals surface area contributed by atoms with Gasteiger partial charge in [0.2, 0.25) is 4.96 Å². The first-order valence-corrected chi connectivity index (χ1v) is 7.29. The monoisotopic (exact) mass is 291 g/mol. The molecular weight excluding hydrogens is 282 g/mol. The van der Waals surface area contributed by atoms with Gasteiger partial charge < -0.3 is 5.11 Å². The Morgan fingerprint density at radius 1 is 1.37 bits per heavy atom. The third-order valence-electron chi connectivity index (χ3n) is 2.41. The summed E-state index contributed by atoms with van der Waals surface area (Å²) < 4.78 is 2.40. The Morgan fingerprint density at radius 2 is 2.16 bits per heavy atom. The van der Waals surface area contributed by atoms with Gasteiger partial charge in [0.15, 0.2) is 4.34 Å². The van der Waals surface area contributed by atoms with E-state index in [1.165, 1.54) is 23.1 Å². The molecule has 3 aromatic rings. The predicted octanol–water partition coefficient (Wildman–Crippen LogP) is 2.63. The fourth-order valence-corrected chi connectivity index (χ4v) is 3.26. The number of fused-ring (bicyclic) bond motifs is 1. The van der Waals surface area contributed by atoms with Crippen molar-refractivity contribution in [1.82, 2.24) is 14.6 Å². The van der Waals surface area contributed by atoms with Crippen molar-refractivity contribution >= 4 is 34.0 Å². The molecule has 0 saturated carbocycles. The minimum atomic E-state index is -0.845. The van der Waals surface area contributed by atoms with E-state index in [-0.39, 0.29) is 5.75 Å². The molecule has 1 N–H and O–H groups in total. The number of carboxylic acids is 1. The number of carboxylic acid groups (broad SMARTS) is 1. The Balaban J connectivity index is 1.87. The van der Waals surface area contributed by atoms with Crippen molar-refractivity contribution in [2.24, 2.45) is 0 Å². The van der Waals surface area contributed by atoms with Crippen molar-refractivity contribution in [2.75, 3.05) is 5.75 Å². The number of hydrogen-bond donors (Lipinski definition) is 1. The highest BCUT2D eigenvalue weighted by atomic mass is 32.2. The SMILES string of the molecule is O=C(O)CSc1nn2cc(-c3ccccc3)nc2s1. The van der Waals surface area contributed by atoms with Gasteiger partial charge in [0.25, 0.3) is 0 Å². The topological polar surface area (TPSA) is 67.5 Å². The molecule has 2 aromatic heterocycles. The molecule has 0 fully saturated rings. The second-order valence-corrected chi connectivity index (χ2v) is 5.95. The summed E-state index contributed by atoms with van der Waals surface area (Å²) in [5.41, 5.74) is 1.91. The number of aliphatic carboxylic acids is 1. The molecule has 0 unspecified atom stereocenters. The van der Waals surface area contributed by atoms with Gasteiger partial charge in [-0.3, -0.25) is 4.79 Å². The number of benzene rings is 1. The van der Waals surface area contributed by atoms with Crippen molar-refractivity contribution in [3.05, 3.63) is 36.5 Å². The van der Waals surface area contributed by atoms with Crippen LogP contribution in [0.5, 0.6) is 0 Å². The van der Waals surface area contributed by atoms with Crippen molar-refractivity contribution in [3.63, 3.8) is 0 Å². The highest BCUT2D eigenvalue weighted by molar-refractivity contribution is 8.01. The fourth-order valence-electron chi connectivity index (χ4n) is 1.61. The maximum atomic E-state index is 10.5. The Labute approximate surface area is 116 Å². The van der Waals surface area contributed by atoms with Crippen LogP contribution in [0, 0.1) is 0 Å². The zero-order chi connectivity index (χ0) is 13.2. The largest absolute Gasteiger partial charge is 0.481 e. The summed E-state index contributed by atoms with van der Waals surface area (Å²) in [7, 11) is 0. The molecule has 96 valence electrons. The predicted molar refractivity (Wildman–Crippen MR) is 74.7 cm³/mol. The zero-order valence-corrected chi connectivity index (χ0v) is 11.3. The highest BCUT2D eigenvalue weighted by Crippen LogP contribution is 2.27. The molecule has 0 spiro atoms. The highest BCUT2D eigenvalue weighted by Gasteiger charge is 2.10. The Morgan fingerprint density at radius 3 is 2.84 bits per heavy atom. The maximum absolute atomic E-state index is 10.5. The van der Waals surface area contributed by atoms with Crippen LogP contribution in [0.3, 0.4) is 0 Å². The van der Waals surface area contributed by atoms with Crippen LogP contribution in [0.15, 0.2) is 40.9 Å². The molecule has 2 heterocycles. The lowest BCUT2D eigenvalue weighted by atomic mass is 10.2. The van der Waals surface area contributed by atoms with Crippen molar-refractivity contribution in [3.8, 4) is 11.3 Å². The van der Waals surface area contributed by atoms with Gasteiger partial charge >= 0.3 is 5.97 Å².